The highest BCUT2D eigenvalue weighted by atomic mass is 32.1. The summed E-state index contributed by atoms with van der Waals surface area (Å²) in [4.78, 5) is 0. The zero-order chi connectivity index (χ0) is 8.97. The van der Waals surface area contributed by atoms with Crippen LogP contribution in [0.1, 0.15) is 20.3 Å². The molecule has 0 radical (unpaired) electrons. The summed E-state index contributed by atoms with van der Waals surface area (Å²) < 4.78 is 0. The molecule has 0 aromatic rings. The molecule has 0 fully saturated rings. The Labute approximate surface area is 80.5 Å². The zero-order valence-corrected chi connectivity index (χ0v) is 8.64. The molecule has 0 aromatic heterocycles. The van der Waals surface area contributed by atoms with Crippen molar-refractivity contribution in [1.82, 2.24) is 0 Å². The lowest BCUT2D eigenvalue weighted by molar-refractivity contribution is 0.903. The first kappa shape index (κ1) is 9.66. The molecule has 12 heavy (non-hydrogen) atoms. The minimum absolute atomic E-state index is 0.553. The van der Waals surface area contributed by atoms with Crippen LogP contribution < -0.4 is 0 Å². The molecule has 0 saturated heterocycles. The van der Waals surface area contributed by atoms with Crippen LogP contribution in [0.5, 0.6) is 0 Å². The third kappa shape index (κ3) is 2.90. The quantitative estimate of drug-likeness (QED) is 0.464. The second kappa shape index (κ2) is 4.56. The van der Waals surface area contributed by atoms with E-state index < -0.39 is 0 Å². The van der Waals surface area contributed by atoms with Crippen molar-refractivity contribution in [2.45, 2.75) is 20.3 Å². The smallest absolute Gasteiger partial charge is 0.0151 e. The standard InChI is InChI=1S/C11H16S/c1-9-4-3-5-11(8-12)7-10(2)6-9/h3,5-7,10,12H,4,8H2,1-2H3/b5-3?,9-6-,11-7+. The molecule has 0 aliphatic heterocycles. The molecule has 1 aliphatic rings. The van der Waals surface area contributed by atoms with Gasteiger partial charge in [-0.3, -0.25) is 0 Å². The lowest BCUT2D eigenvalue weighted by Gasteiger charge is -2.07. The number of rotatable bonds is 1. The van der Waals surface area contributed by atoms with Gasteiger partial charge >= 0.3 is 0 Å². The Morgan fingerprint density at radius 3 is 2.92 bits per heavy atom. The van der Waals surface area contributed by atoms with E-state index >= 15 is 0 Å². The maximum Gasteiger partial charge on any atom is 0.0151 e. The minimum atomic E-state index is 0.553. The van der Waals surface area contributed by atoms with Crippen LogP contribution in [-0.2, 0) is 0 Å². The summed E-state index contributed by atoms with van der Waals surface area (Å²) in [7, 11) is 0. The molecule has 0 spiro atoms. The van der Waals surface area contributed by atoms with E-state index in [2.05, 4.69) is 50.8 Å². The van der Waals surface area contributed by atoms with Gasteiger partial charge < -0.3 is 0 Å². The van der Waals surface area contributed by atoms with Crippen molar-refractivity contribution in [3.8, 4) is 0 Å². The highest BCUT2D eigenvalue weighted by Crippen LogP contribution is 2.15. The molecule has 1 atom stereocenters. The summed E-state index contributed by atoms with van der Waals surface area (Å²) in [6.07, 6.45) is 10.0. The maximum atomic E-state index is 4.27. The third-order valence-corrected chi connectivity index (χ3v) is 2.34. The van der Waals surface area contributed by atoms with Gasteiger partial charge in [-0.05, 0) is 24.8 Å². The van der Waals surface area contributed by atoms with E-state index in [1.165, 1.54) is 11.1 Å². The van der Waals surface area contributed by atoms with Crippen LogP contribution in [0.25, 0.3) is 0 Å². The summed E-state index contributed by atoms with van der Waals surface area (Å²) in [6.45, 7) is 4.40. The van der Waals surface area contributed by atoms with Crippen LogP contribution in [0.2, 0.25) is 0 Å². The Hall–Kier alpha value is -0.430. The molecule has 0 aromatic carbocycles. The SMILES string of the molecule is C/C1=C/C(C)/C=C(/CS)C=CC1. The zero-order valence-electron chi connectivity index (χ0n) is 7.75. The largest absolute Gasteiger partial charge is 0.175 e. The predicted octanol–water partition coefficient (Wildman–Crippen LogP) is 3.38. The highest BCUT2D eigenvalue weighted by Gasteiger charge is 1.99. The van der Waals surface area contributed by atoms with E-state index in [9.17, 15) is 0 Å². The normalized spacial score (nSPS) is 32.8. The number of allylic oxidation sites excluding steroid dienone is 5. The van der Waals surface area contributed by atoms with Crippen molar-refractivity contribution in [1.29, 1.82) is 0 Å². The van der Waals surface area contributed by atoms with Crippen molar-refractivity contribution < 1.29 is 0 Å². The molecule has 0 amide bonds. The fraction of sp³-hybridized carbons (Fsp3) is 0.455. The molecule has 66 valence electrons. The van der Waals surface area contributed by atoms with Crippen molar-refractivity contribution in [2.24, 2.45) is 5.92 Å². The Bertz CT molecular complexity index is 233. The van der Waals surface area contributed by atoms with Crippen LogP contribution in [0.3, 0.4) is 0 Å². The fourth-order valence-corrected chi connectivity index (χ4v) is 1.67. The molecular formula is C11H16S. The van der Waals surface area contributed by atoms with Crippen LogP contribution in [0, 0.1) is 5.92 Å². The van der Waals surface area contributed by atoms with E-state index in [1.54, 1.807) is 0 Å². The topological polar surface area (TPSA) is 0 Å². The molecule has 0 heterocycles. The molecule has 0 saturated carbocycles. The number of hydrogen-bond donors (Lipinski definition) is 1. The molecule has 1 heteroatoms. The molecule has 1 unspecified atom stereocenters. The lowest BCUT2D eigenvalue weighted by Crippen LogP contribution is -1.92. The van der Waals surface area contributed by atoms with Crippen LogP contribution in [0.15, 0.2) is 35.5 Å². The first-order valence-electron chi connectivity index (χ1n) is 4.37. The van der Waals surface area contributed by atoms with Gasteiger partial charge in [0.2, 0.25) is 0 Å². The Morgan fingerprint density at radius 2 is 2.25 bits per heavy atom. The predicted molar refractivity (Wildman–Crippen MR) is 58.6 cm³/mol. The van der Waals surface area contributed by atoms with Gasteiger partial charge in [0.1, 0.15) is 0 Å². The molecule has 1 aliphatic carbocycles. The van der Waals surface area contributed by atoms with E-state index in [0.29, 0.717) is 5.92 Å². The average Bonchev–Trinajstić information content (AvgIpc) is 1.99. The highest BCUT2D eigenvalue weighted by molar-refractivity contribution is 7.80. The minimum Gasteiger partial charge on any atom is -0.175 e. The van der Waals surface area contributed by atoms with Gasteiger partial charge in [0.05, 0.1) is 0 Å². The van der Waals surface area contributed by atoms with Gasteiger partial charge in [-0.25, -0.2) is 0 Å². The van der Waals surface area contributed by atoms with Crippen LogP contribution in [-0.4, -0.2) is 5.75 Å². The summed E-state index contributed by atoms with van der Waals surface area (Å²) in [5, 5.41) is 0. The number of thiol groups is 1. The van der Waals surface area contributed by atoms with Gasteiger partial charge in [-0.1, -0.05) is 36.8 Å². The Morgan fingerprint density at radius 1 is 1.50 bits per heavy atom. The Kier molecular flexibility index (Phi) is 3.67. The van der Waals surface area contributed by atoms with E-state index in [1.807, 2.05) is 0 Å². The lowest BCUT2D eigenvalue weighted by atomic mass is 10.0. The molecular weight excluding hydrogens is 164 g/mol. The summed E-state index contributed by atoms with van der Waals surface area (Å²) in [5.41, 5.74) is 2.78. The second-order valence-corrected chi connectivity index (χ2v) is 3.69. The average molecular weight is 180 g/mol. The van der Waals surface area contributed by atoms with Gasteiger partial charge in [0, 0.05) is 5.75 Å². The fourth-order valence-electron chi connectivity index (χ4n) is 1.46. The second-order valence-electron chi connectivity index (χ2n) is 3.38. The first-order chi connectivity index (χ1) is 5.72. The summed E-state index contributed by atoms with van der Waals surface area (Å²) >= 11 is 4.27. The Balaban J connectivity index is 2.83. The molecule has 0 bridgehead atoms. The third-order valence-electron chi connectivity index (χ3n) is 1.98. The van der Waals surface area contributed by atoms with Crippen LogP contribution >= 0.6 is 12.6 Å². The van der Waals surface area contributed by atoms with Crippen molar-refractivity contribution in [3.63, 3.8) is 0 Å². The molecule has 1 rings (SSSR count). The van der Waals surface area contributed by atoms with Gasteiger partial charge in [0.25, 0.3) is 0 Å². The maximum absolute atomic E-state index is 4.27. The number of hydrogen-bond acceptors (Lipinski definition) is 1. The molecule has 0 N–H and O–H groups in total. The molecule has 0 nitrogen and oxygen atoms in total. The van der Waals surface area contributed by atoms with Gasteiger partial charge in [-0.2, -0.15) is 12.6 Å². The van der Waals surface area contributed by atoms with Crippen molar-refractivity contribution in [2.75, 3.05) is 5.75 Å². The van der Waals surface area contributed by atoms with Gasteiger partial charge in [-0.15, -0.1) is 0 Å². The summed E-state index contributed by atoms with van der Waals surface area (Å²) in [5.74, 6) is 1.39. The van der Waals surface area contributed by atoms with Gasteiger partial charge in [0.15, 0.2) is 0 Å². The van der Waals surface area contributed by atoms with E-state index in [-0.39, 0.29) is 0 Å². The van der Waals surface area contributed by atoms with E-state index in [4.69, 9.17) is 0 Å². The monoisotopic (exact) mass is 180 g/mol. The summed E-state index contributed by atoms with van der Waals surface area (Å²) in [6, 6.07) is 0. The van der Waals surface area contributed by atoms with Crippen molar-refractivity contribution >= 4 is 12.6 Å². The van der Waals surface area contributed by atoms with Crippen molar-refractivity contribution in [3.05, 3.63) is 35.5 Å². The van der Waals surface area contributed by atoms with Crippen LogP contribution in [0.4, 0.5) is 0 Å². The first-order valence-corrected chi connectivity index (χ1v) is 5.01. The van der Waals surface area contributed by atoms with E-state index in [0.717, 1.165) is 12.2 Å².